The molecule has 1 saturated heterocycles. The number of hydrogen-bond acceptors (Lipinski definition) is 6. The van der Waals surface area contributed by atoms with E-state index in [2.05, 4.69) is 19.6 Å². The molecule has 0 radical (unpaired) electrons. The molecule has 0 bridgehead atoms. The van der Waals surface area contributed by atoms with Crippen molar-refractivity contribution in [1.82, 2.24) is 9.36 Å². The largest absolute Gasteiger partial charge is 0.480 e. The third-order valence-electron chi connectivity index (χ3n) is 3.65. The van der Waals surface area contributed by atoms with Crippen molar-refractivity contribution in [3.05, 3.63) is 24.0 Å². The number of hydrogen-bond donors (Lipinski definition) is 2. The number of benzene rings is 1. The van der Waals surface area contributed by atoms with E-state index in [-0.39, 0.29) is 6.54 Å². The molecule has 0 spiro atoms. The number of carbonyl (C=O) groups is 1. The normalized spacial score (nSPS) is 13.4. The summed E-state index contributed by atoms with van der Waals surface area (Å²) in [6.07, 6.45) is 2.35. The van der Waals surface area contributed by atoms with Crippen molar-refractivity contribution in [2.24, 2.45) is 0 Å². The Hall–Kier alpha value is -2.15. The second-order valence-electron chi connectivity index (χ2n) is 5.32. The average molecular weight is 348 g/mol. The van der Waals surface area contributed by atoms with Gasteiger partial charge in [-0.15, -0.1) is 0 Å². The van der Waals surface area contributed by atoms with E-state index in [0.717, 1.165) is 40.9 Å². The molecule has 0 amide bonds. The van der Waals surface area contributed by atoms with E-state index in [4.69, 9.17) is 5.11 Å². The summed E-state index contributed by atoms with van der Waals surface area (Å²) >= 11 is 1.36. The van der Waals surface area contributed by atoms with Crippen LogP contribution in [-0.2, 0) is 4.79 Å². The van der Waals surface area contributed by atoms with Crippen molar-refractivity contribution in [3.8, 4) is 10.6 Å². The van der Waals surface area contributed by atoms with Gasteiger partial charge in [0.15, 0.2) is 0 Å². The molecule has 130 valence electrons. The molecule has 3 rings (SSSR count). The Kier molecular flexibility index (Phi) is 6.54. The van der Waals surface area contributed by atoms with Gasteiger partial charge in [-0.3, -0.25) is 4.79 Å². The molecule has 1 aromatic carbocycles. The summed E-state index contributed by atoms with van der Waals surface area (Å²) in [5.41, 5.74) is 2.86. The van der Waals surface area contributed by atoms with Crippen LogP contribution in [0.5, 0.6) is 0 Å². The Morgan fingerprint density at radius 2 is 2.04 bits per heavy atom. The van der Waals surface area contributed by atoms with Crippen molar-refractivity contribution < 1.29 is 9.90 Å². The molecule has 1 fully saturated rings. The van der Waals surface area contributed by atoms with Crippen molar-refractivity contribution in [2.45, 2.75) is 33.6 Å². The predicted molar refractivity (Wildman–Crippen MR) is 99.0 cm³/mol. The monoisotopic (exact) mass is 348 g/mol. The first-order valence-electron chi connectivity index (χ1n) is 8.29. The average Bonchev–Trinajstić information content (AvgIpc) is 3.26. The molecule has 6 nitrogen and oxygen atoms in total. The van der Waals surface area contributed by atoms with Gasteiger partial charge in [0.1, 0.15) is 17.4 Å². The molecular formula is C17H24N4O2S. The molecule has 0 unspecified atom stereocenters. The molecule has 1 aliphatic heterocycles. The number of rotatable bonds is 5. The zero-order valence-electron chi connectivity index (χ0n) is 14.4. The number of anilines is 2. The van der Waals surface area contributed by atoms with Crippen molar-refractivity contribution >= 4 is 28.9 Å². The van der Waals surface area contributed by atoms with Gasteiger partial charge in [-0.2, -0.15) is 4.37 Å². The number of aromatic nitrogens is 2. The molecule has 2 N–H and O–H groups in total. The summed E-state index contributed by atoms with van der Waals surface area (Å²) in [6.45, 7) is 7.79. The third kappa shape index (κ3) is 4.44. The van der Waals surface area contributed by atoms with E-state index < -0.39 is 5.97 Å². The molecule has 2 aromatic rings. The zero-order chi connectivity index (χ0) is 17.5. The molecule has 0 aliphatic carbocycles. The lowest BCUT2D eigenvalue weighted by Crippen LogP contribution is -2.21. The molecule has 1 aliphatic rings. The summed E-state index contributed by atoms with van der Waals surface area (Å²) < 4.78 is 4.20. The fourth-order valence-electron chi connectivity index (χ4n) is 2.63. The minimum absolute atomic E-state index is 0.0978. The Balaban J connectivity index is 0.00000100. The van der Waals surface area contributed by atoms with Crippen molar-refractivity contribution in [2.75, 3.05) is 29.9 Å². The maximum Gasteiger partial charge on any atom is 0.322 e. The first kappa shape index (κ1) is 18.2. The minimum atomic E-state index is -0.871. The number of nitrogens with one attached hydrogen (secondary N) is 1. The van der Waals surface area contributed by atoms with Crippen LogP contribution in [0.3, 0.4) is 0 Å². The third-order valence-corrected chi connectivity index (χ3v) is 4.50. The van der Waals surface area contributed by atoms with Gasteiger partial charge >= 0.3 is 5.97 Å². The van der Waals surface area contributed by atoms with Crippen LogP contribution >= 0.6 is 11.5 Å². The number of aryl methyl sites for hydroxylation is 1. The predicted octanol–water partition coefficient (Wildman–Crippen LogP) is 3.64. The second kappa shape index (κ2) is 8.63. The highest BCUT2D eigenvalue weighted by Crippen LogP contribution is 2.33. The fraction of sp³-hybridized carbons (Fsp3) is 0.471. The van der Waals surface area contributed by atoms with E-state index >= 15 is 0 Å². The number of carboxylic acid groups (broad SMARTS) is 1. The van der Waals surface area contributed by atoms with Gasteiger partial charge in [0.2, 0.25) is 0 Å². The van der Waals surface area contributed by atoms with Crippen LogP contribution in [0.1, 0.15) is 32.5 Å². The number of aliphatic carboxylic acids is 1. The number of nitrogens with zero attached hydrogens (tertiary/aromatic N) is 3. The molecule has 24 heavy (non-hydrogen) atoms. The highest BCUT2D eigenvalue weighted by atomic mass is 32.1. The van der Waals surface area contributed by atoms with Gasteiger partial charge < -0.3 is 15.3 Å². The lowest BCUT2D eigenvalue weighted by molar-refractivity contribution is -0.134. The summed E-state index contributed by atoms with van der Waals surface area (Å²) in [5, 5.41) is 12.8. The van der Waals surface area contributed by atoms with Crippen LogP contribution < -0.4 is 10.2 Å². The highest BCUT2D eigenvalue weighted by Gasteiger charge is 2.17. The lowest BCUT2D eigenvalue weighted by atomic mass is 10.1. The molecule has 7 heteroatoms. The molecular weight excluding hydrogens is 324 g/mol. The van der Waals surface area contributed by atoms with Crippen LogP contribution in [0.2, 0.25) is 0 Å². The Morgan fingerprint density at radius 1 is 1.33 bits per heavy atom. The zero-order valence-corrected chi connectivity index (χ0v) is 15.2. The molecule has 1 aromatic heterocycles. The molecule has 0 saturated carbocycles. The van der Waals surface area contributed by atoms with E-state index in [0.29, 0.717) is 0 Å². The molecule has 0 atom stereocenters. The van der Waals surface area contributed by atoms with Gasteiger partial charge in [0.25, 0.3) is 0 Å². The van der Waals surface area contributed by atoms with Crippen LogP contribution in [0.4, 0.5) is 11.4 Å². The summed E-state index contributed by atoms with van der Waals surface area (Å²) in [6, 6.07) is 6.04. The van der Waals surface area contributed by atoms with Crippen LogP contribution in [-0.4, -0.2) is 40.1 Å². The topological polar surface area (TPSA) is 78.4 Å². The van der Waals surface area contributed by atoms with Gasteiger partial charge in [-0.05, 0) is 49.5 Å². The summed E-state index contributed by atoms with van der Waals surface area (Å²) in [7, 11) is 0. The summed E-state index contributed by atoms with van der Waals surface area (Å²) in [4.78, 5) is 17.6. The Labute approximate surface area is 146 Å². The van der Waals surface area contributed by atoms with E-state index in [9.17, 15) is 4.79 Å². The minimum Gasteiger partial charge on any atom is -0.480 e. The van der Waals surface area contributed by atoms with Crippen LogP contribution in [0.15, 0.2) is 18.2 Å². The van der Waals surface area contributed by atoms with Crippen molar-refractivity contribution in [1.29, 1.82) is 0 Å². The Morgan fingerprint density at radius 3 is 2.62 bits per heavy atom. The maximum atomic E-state index is 10.9. The lowest BCUT2D eigenvalue weighted by Gasteiger charge is -2.22. The van der Waals surface area contributed by atoms with Gasteiger partial charge in [0.05, 0.1) is 11.4 Å². The van der Waals surface area contributed by atoms with E-state index in [1.807, 2.05) is 39.0 Å². The first-order chi connectivity index (χ1) is 11.6. The SMILES string of the molecule is CC.Cc1nsc(-c2ccc(N3CCCC3)c(NCC(=O)O)c2)n1. The quantitative estimate of drug-likeness (QED) is 0.859. The van der Waals surface area contributed by atoms with E-state index in [1.54, 1.807) is 0 Å². The number of carboxylic acids is 1. The van der Waals surface area contributed by atoms with Crippen LogP contribution in [0.25, 0.3) is 10.6 Å². The fourth-order valence-corrected chi connectivity index (χ4v) is 3.29. The van der Waals surface area contributed by atoms with Gasteiger partial charge in [-0.25, -0.2) is 4.98 Å². The first-order valence-corrected chi connectivity index (χ1v) is 9.06. The summed E-state index contributed by atoms with van der Waals surface area (Å²) in [5.74, 6) is -0.117. The van der Waals surface area contributed by atoms with Crippen molar-refractivity contribution in [3.63, 3.8) is 0 Å². The molecule has 2 heterocycles. The highest BCUT2D eigenvalue weighted by molar-refractivity contribution is 7.09. The maximum absolute atomic E-state index is 10.9. The van der Waals surface area contributed by atoms with E-state index in [1.165, 1.54) is 24.4 Å². The van der Waals surface area contributed by atoms with Gasteiger partial charge in [0, 0.05) is 18.7 Å². The Bertz CT molecular complexity index is 681. The standard InChI is InChI=1S/C15H18N4O2S.C2H6/c1-10-17-15(22-18-10)11-4-5-13(19-6-2-3-7-19)12(8-11)16-9-14(20)21;1-2/h4-5,8,16H,2-3,6-7,9H2,1H3,(H,20,21);1-2H3. The second-order valence-corrected chi connectivity index (χ2v) is 6.07. The van der Waals surface area contributed by atoms with Crippen LogP contribution in [0, 0.1) is 6.92 Å². The van der Waals surface area contributed by atoms with Gasteiger partial charge in [-0.1, -0.05) is 13.8 Å². The smallest absolute Gasteiger partial charge is 0.322 e.